The predicted molar refractivity (Wildman–Crippen MR) is 77.1 cm³/mol. The summed E-state index contributed by atoms with van der Waals surface area (Å²) >= 11 is 0. The topological polar surface area (TPSA) is 76.2 Å². The van der Waals surface area contributed by atoms with Crippen LogP contribution < -0.4 is 0 Å². The Labute approximate surface area is 133 Å². The van der Waals surface area contributed by atoms with Gasteiger partial charge in [0.05, 0.1) is 16.7 Å². The van der Waals surface area contributed by atoms with Crippen LogP contribution in [0.3, 0.4) is 0 Å². The summed E-state index contributed by atoms with van der Waals surface area (Å²) in [6.45, 7) is 0. The van der Waals surface area contributed by atoms with E-state index in [4.69, 9.17) is 9.52 Å². The summed E-state index contributed by atoms with van der Waals surface area (Å²) in [5.74, 6) is -1.50. The van der Waals surface area contributed by atoms with E-state index in [1.54, 1.807) is 0 Å². The average molecular weight is 334 g/mol. The van der Waals surface area contributed by atoms with E-state index >= 15 is 0 Å². The van der Waals surface area contributed by atoms with Crippen LogP contribution in [0.5, 0.6) is 0 Å². The van der Waals surface area contributed by atoms with E-state index in [0.29, 0.717) is 5.56 Å². The minimum absolute atomic E-state index is 0.00272. The largest absolute Gasteiger partial charge is 0.478 e. The first-order valence-electron chi connectivity index (χ1n) is 6.70. The lowest BCUT2D eigenvalue weighted by molar-refractivity contribution is -0.137. The van der Waals surface area contributed by atoms with Crippen LogP contribution in [0, 0.1) is 0 Å². The van der Waals surface area contributed by atoms with E-state index in [9.17, 15) is 18.0 Å². The third-order valence-electron chi connectivity index (χ3n) is 3.24. The highest BCUT2D eigenvalue weighted by atomic mass is 19.4. The Balaban J connectivity index is 2.04. The van der Waals surface area contributed by atoms with Crippen molar-refractivity contribution < 1.29 is 27.5 Å². The fourth-order valence-corrected chi connectivity index (χ4v) is 2.15. The minimum Gasteiger partial charge on any atom is -0.478 e. The first kappa shape index (κ1) is 15.7. The molecular weight excluding hydrogens is 325 g/mol. The molecule has 0 radical (unpaired) electrons. The summed E-state index contributed by atoms with van der Waals surface area (Å²) in [6.07, 6.45) is -4.56. The standard InChI is InChI=1S/C16H9F3N2O3/c17-16(18,19)12-7-2-1-6-11(12)14-21-20-13(24-14)9-4-3-5-10(8-9)15(22)23/h1-8H,(H,22,23). The number of benzene rings is 2. The van der Waals surface area contributed by atoms with Crippen LogP contribution in [-0.2, 0) is 6.18 Å². The quantitative estimate of drug-likeness (QED) is 0.780. The molecule has 1 N–H and O–H groups in total. The SMILES string of the molecule is O=C(O)c1cccc(-c2nnc(-c3ccccc3C(F)(F)F)o2)c1. The number of alkyl halides is 3. The van der Waals surface area contributed by atoms with Crippen LogP contribution in [0.1, 0.15) is 15.9 Å². The molecule has 0 fully saturated rings. The van der Waals surface area contributed by atoms with Gasteiger partial charge in [-0.1, -0.05) is 18.2 Å². The van der Waals surface area contributed by atoms with Crippen molar-refractivity contribution in [1.82, 2.24) is 10.2 Å². The summed E-state index contributed by atoms with van der Waals surface area (Å²) in [5.41, 5.74) is -0.821. The molecule has 1 heterocycles. The zero-order valence-electron chi connectivity index (χ0n) is 11.9. The Kier molecular flexibility index (Phi) is 3.80. The number of hydrogen-bond acceptors (Lipinski definition) is 4. The Bertz CT molecular complexity index is 903. The molecule has 0 aliphatic rings. The van der Waals surface area contributed by atoms with Gasteiger partial charge in [0.2, 0.25) is 11.8 Å². The van der Waals surface area contributed by atoms with Crippen LogP contribution in [0.2, 0.25) is 0 Å². The molecule has 0 unspecified atom stereocenters. The van der Waals surface area contributed by atoms with Gasteiger partial charge in [0.15, 0.2) is 0 Å². The molecule has 3 rings (SSSR count). The molecule has 0 amide bonds. The molecule has 0 aliphatic heterocycles. The van der Waals surface area contributed by atoms with Crippen molar-refractivity contribution in [3.63, 3.8) is 0 Å². The lowest BCUT2D eigenvalue weighted by Crippen LogP contribution is -2.06. The van der Waals surface area contributed by atoms with Crippen LogP contribution in [0.4, 0.5) is 13.2 Å². The predicted octanol–water partition coefficient (Wildman–Crippen LogP) is 4.12. The van der Waals surface area contributed by atoms with Gasteiger partial charge in [-0.05, 0) is 30.3 Å². The van der Waals surface area contributed by atoms with Crippen LogP contribution in [0.15, 0.2) is 52.9 Å². The van der Waals surface area contributed by atoms with Crippen molar-refractivity contribution in [2.24, 2.45) is 0 Å². The van der Waals surface area contributed by atoms with E-state index in [1.807, 2.05) is 0 Å². The highest BCUT2D eigenvalue weighted by molar-refractivity contribution is 5.89. The number of rotatable bonds is 3. The van der Waals surface area contributed by atoms with Gasteiger partial charge in [-0.15, -0.1) is 10.2 Å². The van der Waals surface area contributed by atoms with E-state index in [-0.39, 0.29) is 22.9 Å². The van der Waals surface area contributed by atoms with E-state index in [2.05, 4.69) is 10.2 Å². The van der Waals surface area contributed by atoms with Crippen molar-refractivity contribution in [3.05, 3.63) is 59.7 Å². The fourth-order valence-electron chi connectivity index (χ4n) is 2.15. The van der Waals surface area contributed by atoms with Gasteiger partial charge in [-0.25, -0.2) is 4.79 Å². The van der Waals surface area contributed by atoms with Gasteiger partial charge < -0.3 is 9.52 Å². The second kappa shape index (κ2) is 5.80. The lowest BCUT2D eigenvalue weighted by Gasteiger charge is -2.09. The maximum atomic E-state index is 13.1. The van der Waals surface area contributed by atoms with Crippen LogP contribution >= 0.6 is 0 Å². The molecule has 0 bridgehead atoms. The molecule has 0 saturated heterocycles. The maximum absolute atomic E-state index is 13.1. The summed E-state index contributed by atoms with van der Waals surface area (Å²) < 4.78 is 44.5. The first-order chi connectivity index (χ1) is 11.4. The van der Waals surface area contributed by atoms with Gasteiger partial charge in [0.1, 0.15) is 0 Å². The summed E-state index contributed by atoms with van der Waals surface area (Å²) in [7, 11) is 0. The number of carbonyl (C=O) groups is 1. The molecular formula is C16H9F3N2O3. The molecule has 122 valence electrons. The summed E-state index contributed by atoms with van der Waals surface area (Å²) in [6, 6.07) is 10.5. The Morgan fingerprint density at radius 1 is 1.00 bits per heavy atom. The Hall–Kier alpha value is -3.16. The fraction of sp³-hybridized carbons (Fsp3) is 0.0625. The van der Waals surface area contributed by atoms with Gasteiger partial charge >= 0.3 is 12.1 Å². The van der Waals surface area contributed by atoms with Crippen molar-refractivity contribution in [2.45, 2.75) is 6.18 Å². The highest BCUT2D eigenvalue weighted by Crippen LogP contribution is 2.37. The number of carboxylic acid groups (broad SMARTS) is 1. The number of halogens is 3. The molecule has 0 spiro atoms. The molecule has 0 atom stereocenters. The minimum atomic E-state index is -4.56. The smallest absolute Gasteiger partial charge is 0.417 e. The van der Waals surface area contributed by atoms with E-state index < -0.39 is 17.7 Å². The third-order valence-corrected chi connectivity index (χ3v) is 3.24. The number of carboxylic acids is 1. The molecule has 0 saturated carbocycles. The monoisotopic (exact) mass is 334 g/mol. The van der Waals surface area contributed by atoms with Gasteiger partial charge in [-0.3, -0.25) is 0 Å². The number of aromatic nitrogens is 2. The van der Waals surface area contributed by atoms with Crippen molar-refractivity contribution in [3.8, 4) is 22.9 Å². The Morgan fingerprint density at radius 2 is 1.71 bits per heavy atom. The Morgan fingerprint density at radius 3 is 2.42 bits per heavy atom. The van der Waals surface area contributed by atoms with Crippen LogP contribution in [0.25, 0.3) is 22.9 Å². The average Bonchev–Trinajstić information content (AvgIpc) is 3.04. The molecule has 24 heavy (non-hydrogen) atoms. The van der Waals surface area contributed by atoms with Crippen LogP contribution in [-0.4, -0.2) is 21.3 Å². The second-order valence-corrected chi connectivity index (χ2v) is 4.84. The van der Waals surface area contributed by atoms with Crippen molar-refractivity contribution >= 4 is 5.97 Å². The second-order valence-electron chi connectivity index (χ2n) is 4.84. The number of hydrogen-bond donors (Lipinski definition) is 1. The van der Waals surface area contributed by atoms with Crippen molar-refractivity contribution in [1.29, 1.82) is 0 Å². The van der Waals surface area contributed by atoms with Crippen molar-refractivity contribution in [2.75, 3.05) is 0 Å². The molecule has 8 heteroatoms. The lowest BCUT2D eigenvalue weighted by atomic mass is 10.1. The number of aromatic carboxylic acids is 1. The van der Waals surface area contributed by atoms with Gasteiger partial charge in [0, 0.05) is 5.56 Å². The first-order valence-corrected chi connectivity index (χ1v) is 6.70. The zero-order valence-corrected chi connectivity index (χ0v) is 11.9. The van der Waals surface area contributed by atoms with Gasteiger partial charge in [0.25, 0.3) is 0 Å². The zero-order chi connectivity index (χ0) is 17.3. The summed E-state index contributed by atoms with van der Waals surface area (Å²) in [5, 5.41) is 16.3. The van der Waals surface area contributed by atoms with Gasteiger partial charge in [-0.2, -0.15) is 13.2 Å². The van der Waals surface area contributed by atoms with E-state index in [1.165, 1.54) is 42.5 Å². The molecule has 5 nitrogen and oxygen atoms in total. The molecule has 1 aromatic heterocycles. The normalized spacial score (nSPS) is 11.5. The molecule has 0 aliphatic carbocycles. The third kappa shape index (κ3) is 2.98. The van der Waals surface area contributed by atoms with E-state index in [0.717, 1.165) is 6.07 Å². The molecule has 3 aromatic rings. The molecule has 2 aromatic carbocycles. The highest BCUT2D eigenvalue weighted by Gasteiger charge is 2.34. The number of nitrogens with zero attached hydrogens (tertiary/aromatic N) is 2. The maximum Gasteiger partial charge on any atom is 0.417 e. The summed E-state index contributed by atoms with van der Waals surface area (Å²) in [4.78, 5) is 11.0.